The van der Waals surface area contributed by atoms with Crippen LogP contribution in [0.4, 0.5) is 0 Å². The molecule has 1 saturated heterocycles. The number of esters is 1. The van der Waals surface area contributed by atoms with Gasteiger partial charge in [-0.3, -0.25) is 9.59 Å². The van der Waals surface area contributed by atoms with Gasteiger partial charge in [0.1, 0.15) is 6.10 Å². The van der Waals surface area contributed by atoms with Crippen LogP contribution in [0.1, 0.15) is 33.6 Å². The summed E-state index contributed by atoms with van der Waals surface area (Å²) in [6.07, 6.45) is 0.495. The molecule has 0 saturated carbocycles. The first-order chi connectivity index (χ1) is 7.02. The summed E-state index contributed by atoms with van der Waals surface area (Å²) < 4.78 is 10.3. The molecule has 0 aromatic rings. The Hall–Kier alpha value is -0.900. The first-order valence-corrected chi connectivity index (χ1v) is 5.37. The Labute approximate surface area is 89.9 Å². The van der Waals surface area contributed by atoms with Crippen molar-refractivity contribution >= 4 is 11.8 Å². The molecule has 0 aromatic heterocycles. The third-order valence-corrected chi connectivity index (χ3v) is 2.36. The van der Waals surface area contributed by atoms with E-state index in [1.165, 1.54) is 0 Å². The minimum absolute atomic E-state index is 0.00876. The minimum Gasteiger partial charge on any atom is -0.463 e. The molecule has 2 atom stereocenters. The van der Waals surface area contributed by atoms with Crippen LogP contribution in [0.25, 0.3) is 0 Å². The second kappa shape index (κ2) is 5.26. The number of ketones is 1. The number of ether oxygens (including phenoxy) is 2. The van der Waals surface area contributed by atoms with Crippen LogP contribution in [-0.2, 0) is 19.1 Å². The van der Waals surface area contributed by atoms with E-state index in [-0.39, 0.29) is 17.9 Å². The smallest absolute Gasteiger partial charge is 0.312 e. The van der Waals surface area contributed by atoms with Gasteiger partial charge in [-0.1, -0.05) is 0 Å². The van der Waals surface area contributed by atoms with Crippen LogP contribution >= 0.6 is 0 Å². The monoisotopic (exact) mass is 214 g/mol. The average molecular weight is 214 g/mol. The Morgan fingerprint density at radius 2 is 2.13 bits per heavy atom. The largest absolute Gasteiger partial charge is 0.463 e. The summed E-state index contributed by atoms with van der Waals surface area (Å²) in [5.74, 6) is -0.847. The Kier molecular flexibility index (Phi) is 4.27. The van der Waals surface area contributed by atoms with Crippen LogP contribution in [0, 0.1) is 5.92 Å². The predicted molar refractivity (Wildman–Crippen MR) is 54.4 cm³/mol. The molecule has 4 nitrogen and oxygen atoms in total. The van der Waals surface area contributed by atoms with Crippen LogP contribution in [0.15, 0.2) is 0 Å². The molecule has 0 amide bonds. The van der Waals surface area contributed by atoms with Crippen molar-refractivity contribution in [3.8, 4) is 0 Å². The van der Waals surface area contributed by atoms with E-state index in [0.29, 0.717) is 13.0 Å². The van der Waals surface area contributed by atoms with Crippen LogP contribution in [-0.4, -0.2) is 30.6 Å². The summed E-state index contributed by atoms with van der Waals surface area (Å²) >= 11 is 0. The third kappa shape index (κ3) is 3.30. The minimum atomic E-state index is -0.606. The molecular formula is C11H18O4. The molecule has 0 spiro atoms. The molecule has 1 aliphatic heterocycles. The van der Waals surface area contributed by atoms with E-state index < -0.39 is 12.0 Å². The highest BCUT2D eigenvalue weighted by molar-refractivity contribution is 5.89. The van der Waals surface area contributed by atoms with Gasteiger partial charge >= 0.3 is 5.97 Å². The van der Waals surface area contributed by atoms with Crippen LogP contribution in [0.3, 0.4) is 0 Å². The molecule has 0 aliphatic carbocycles. The number of Topliss-reactive ketones (excluding diaryl/α,β-unsaturated/α-hetero) is 1. The maximum atomic E-state index is 11.5. The first-order valence-electron chi connectivity index (χ1n) is 5.37. The van der Waals surface area contributed by atoms with Crippen molar-refractivity contribution in [2.45, 2.75) is 45.8 Å². The lowest BCUT2D eigenvalue weighted by Gasteiger charge is -2.26. The van der Waals surface area contributed by atoms with Gasteiger partial charge in [0, 0.05) is 13.0 Å². The number of rotatable bonds is 3. The molecule has 86 valence electrons. The van der Waals surface area contributed by atoms with E-state index in [1.54, 1.807) is 20.8 Å². The summed E-state index contributed by atoms with van der Waals surface area (Å²) in [6, 6.07) is 0. The molecule has 0 bridgehead atoms. The van der Waals surface area contributed by atoms with E-state index in [2.05, 4.69) is 0 Å². The van der Waals surface area contributed by atoms with Crippen molar-refractivity contribution in [2.24, 2.45) is 5.92 Å². The van der Waals surface area contributed by atoms with Gasteiger partial charge in [0.25, 0.3) is 0 Å². The summed E-state index contributed by atoms with van der Waals surface area (Å²) in [7, 11) is 0. The van der Waals surface area contributed by atoms with Gasteiger partial charge in [-0.25, -0.2) is 0 Å². The molecule has 1 fully saturated rings. The maximum Gasteiger partial charge on any atom is 0.312 e. The lowest BCUT2D eigenvalue weighted by atomic mass is 9.96. The Balaban J connectivity index is 2.54. The molecule has 4 heteroatoms. The van der Waals surface area contributed by atoms with E-state index >= 15 is 0 Å². The first kappa shape index (κ1) is 12.2. The molecule has 0 aromatic carbocycles. The SMILES string of the molecule is CC(C)OC(=O)[C@H](C)[C@H]1OCCCC1=O. The van der Waals surface area contributed by atoms with Crippen LogP contribution < -0.4 is 0 Å². The summed E-state index contributed by atoms with van der Waals surface area (Å²) in [4.78, 5) is 23.0. The van der Waals surface area contributed by atoms with E-state index in [4.69, 9.17) is 9.47 Å². The van der Waals surface area contributed by atoms with E-state index in [1.807, 2.05) is 0 Å². The Morgan fingerprint density at radius 1 is 1.47 bits per heavy atom. The summed E-state index contributed by atoms with van der Waals surface area (Å²) in [6.45, 7) is 5.80. The fraction of sp³-hybridized carbons (Fsp3) is 0.818. The fourth-order valence-corrected chi connectivity index (χ4v) is 1.58. The van der Waals surface area contributed by atoms with Gasteiger partial charge in [0.2, 0.25) is 0 Å². The van der Waals surface area contributed by atoms with Crippen molar-refractivity contribution < 1.29 is 19.1 Å². The van der Waals surface area contributed by atoms with Gasteiger partial charge in [0.15, 0.2) is 5.78 Å². The topological polar surface area (TPSA) is 52.6 Å². The van der Waals surface area contributed by atoms with Gasteiger partial charge < -0.3 is 9.47 Å². The molecule has 0 N–H and O–H groups in total. The lowest BCUT2D eigenvalue weighted by molar-refractivity contribution is -0.163. The lowest BCUT2D eigenvalue weighted by Crippen LogP contribution is -2.40. The van der Waals surface area contributed by atoms with Crippen molar-refractivity contribution in [2.75, 3.05) is 6.61 Å². The average Bonchev–Trinajstić information content (AvgIpc) is 2.16. The molecule has 1 heterocycles. The Morgan fingerprint density at radius 3 is 2.67 bits per heavy atom. The van der Waals surface area contributed by atoms with Crippen molar-refractivity contribution in [1.29, 1.82) is 0 Å². The zero-order valence-corrected chi connectivity index (χ0v) is 9.49. The zero-order chi connectivity index (χ0) is 11.4. The standard InChI is InChI=1S/C11H18O4/c1-7(2)15-11(13)8(3)10-9(12)5-4-6-14-10/h7-8,10H,4-6H2,1-3H3/t8-,10-/m1/s1. The number of hydrogen-bond donors (Lipinski definition) is 0. The fourth-order valence-electron chi connectivity index (χ4n) is 1.58. The number of carbonyl (C=O) groups is 2. The third-order valence-electron chi connectivity index (χ3n) is 2.36. The molecule has 1 aliphatic rings. The van der Waals surface area contributed by atoms with Crippen molar-refractivity contribution in [3.05, 3.63) is 0 Å². The molecule has 15 heavy (non-hydrogen) atoms. The van der Waals surface area contributed by atoms with Gasteiger partial charge in [0.05, 0.1) is 12.0 Å². The van der Waals surface area contributed by atoms with Crippen molar-refractivity contribution in [1.82, 2.24) is 0 Å². The molecule has 1 rings (SSSR count). The highest BCUT2D eigenvalue weighted by Gasteiger charge is 2.34. The Bertz CT molecular complexity index is 247. The second-order valence-electron chi connectivity index (χ2n) is 4.14. The number of carbonyl (C=O) groups excluding carboxylic acids is 2. The molecule has 0 unspecified atom stereocenters. The van der Waals surface area contributed by atoms with Gasteiger partial charge in [-0.05, 0) is 27.2 Å². The molecular weight excluding hydrogens is 196 g/mol. The number of hydrogen-bond acceptors (Lipinski definition) is 4. The summed E-state index contributed by atoms with van der Waals surface area (Å²) in [5, 5.41) is 0. The van der Waals surface area contributed by atoms with Gasteiger partial charge in [-0.15, -0.1) is 0 Å². The normalized spacial score (nSPS) is 24.0. The van der Waals surface area contributed by atoms with Crippen LogP contribution in [0.5, 0.6) is 0 Å². The van der Waals surface area contributed by atoms with Crippen molar-refractivity contribution in [3.63, 3.8) is 0 Å². The van der Waals surface area contributed by atoms with Gasteiger partial charge in [-0.2, -0.15) is 0 Å². The highest BCUT2D eigenvalue weighted by atomic mass is 16.5. The van der Waals surface area contributed by atoms with E-state index in [0.717, 1.165) is 6.42 Å². The maximum absolute atomic E-state index is 11.5. The van der Waals surface area contributed by atoms with Crippen LogP contribution in [0.2, 0.25) is 0 Å². The predicted octanol–water partition coefficient (Wildman–Crippen LogP) is 1.32. The molecule has 0 radical (unpaired) electrons. The summed E-state index contributed by atoms with van der Waals surface area (Å²) in [5.41, 5.74) is 0. The van der Waals surface area contributed by atoms with E-state index in [9.17, 15) is 9.59 Å². The highest BCUT2D eigenvalue weighted by Crippen LogP contribution is 2.18. The zero-order valence-electron chi connectivity index (χ0n) is 9.49. The quantitative estimate of drug-likeness (QED) is 0.665. The second-order valence-corrected chi connectivity index (χ2v) is 4.14.